The summed E-state index contributed by atoms with van der Waals surface area (Å²) in [5.41, 5.74) is 7.40. The minimum Gasteiger partial charge on any atom is -0.374 e. The van der Waals surface area contributed by atoms with Gasteiger partial charge in [0.1, 0.15) is 6.61 Å². The van der Waals surface area contributed by atoms with Crippen molar-refractivity contribution in [2.24, 2.45) is 0 Å². The van der Waals surface area contributed by atoms with Crippen LogP contribution in [-0.2, 0) is 11.3 Å². The van der Waals surface area contributed by atoms with Crippen LogP contribution >= 0.6 is 15.9 Å². The van der Waals surface area contributed by atoms with Gasteiger partial charge < -0.3 is 15.0 Å². The second kappa shape index (κ2) is 5.62. The molecule has 7 heteroatoms. The van der Waals surface area contributed by atoms with Crippen LogP contribution in [0.3, 0.4) is 0 Å². The fourth-order valence-corrected chi connectivity index (χ4v) is 2.03. The van der Waals surface area contributed by atoms with Gasteiger partial charge in [-0.25, -0.2) is 13.8 Å². The van der Waals surface area contributed by atoms with Crippen molar-refractivity contribution in [1.82, 2.24) is 9.55 Å². The maximum absolute atomic E-state index is 11.9. The lowest BCUT2D eigenvalue weighted by Crippen LogP contribution is -2.12. The topological polar surface area (TPSA) is 53.1 Å². The van der Waals surface area contributed by atoms with Gasteiger partial charge in [-0.3, -0.25) is 0 Å². The third kappa shape index (κ3) is 2.97. The lowest BCUT2D eigenvalue weighted by molar-refractivity contribution is 0.0151. The summed E-state index contributed by atoms with van der Waals surface area (Å²) in [5, 5.41) is 0. The van der Waals surface area contributed by atoms with E-state index in [4.69, 9.17) is 10.5 Å². The molecule has 1 aromatic heterocycles. The maximum Gasteiger partial charge on any atom is 0.261 e. The van der Waals surface area contributed by atoms with E-state index in [9.17, 15) is 8.78 Å². The first-order chi connectivity index (χ1) is 8.58. The highest BCUT2D eigenvalue weighted by molar-refractivity contribution is 9.10. The number of nitrogens with zero attached hydrogens (tertiary/aromatic N) is 2. The number of hydrogen-bond donors (Lipinski definition) is 1. The third-order valence-electron chi connectivity index (χ3n) is 2.44. The zero-order chi connectivity index (χ0) is 13.1. The van der Waals surface area contributed by atoms with Crippen molar-refractivity contribution in [3.63, 3.8) is 0 Å². The normalized spacial score (nSPS) is 11.6. The molecule has 2 rings (SSSR count). The molecule has 0 amide bonds. The van der Waals surface area contributed by atoms with Crippen molar-refractivity contribution >= 4 is 32.9 Å². The van der Waals surface area contributed by atoms with Crippen molar-refractivity contribution in [2.75, 3.05) is 18.9 Å². The summed E-state index contributed by atoms with van der Waals surface area (Å²) < 4.78 is 31.3. The first-order valence-electron chi connectivity index (χ1n) is 5.35. The molecule has 2 aromatic rings. The van der Waals surface area contributed by atoms with Crippen LogP contribution in [0, 0.1) is 0 Å². The van der Waals surface area contributed by atoms with Gasteiger partial charge in [-0.15, -0.1) is 0 Å². The Kier molecular flexibility index (Phi) is 4.13. The minimum absolute atomic E-state index is 0.177. The predicted molar refractivity (Wildman–Crippen MR) is 68.7 cm³/mol. The number of hydrogen-bond acceptors (Lipinski definition) is 3. The van der Waals surface area contributed by atoms with E-state index >= 15 is 0 Å². The fourth-order valence-electron chi connectivity index (χ4n) is 1.68. The molecule has 98 valence electrons. The summed E-state index contributed by atoms with van der Waals surface area (Å²) in [6, 6.07) is 5.60. The number of anilines is 1. The van der Waals surface area contributed by atoms with Crippen molar-refractivity contribution in [1.29, 1.82) is 0 Å². The Hall–Kier alpha value is -1.21. The highest BCUT2D eigenvalue weighted by Gasteiger charge is 2.08. The largest absolute Gasteiger partial charge is 0.374 e. The molecule has 0 aliphatic carbocycles. The second-order valence-corrected chi connectivity index (χ2v) is 4.64. The molecule has 18 heavy (non-hydrogen) atoms. The Bertz CT molecular complexity index is 544. The van der Waals surface area contributed by atoms with E-state index in [1.54, 1.807) is 4.57 Å². The summed E-state index contributed by atoms with van der Waals surface area (Å²) in [6.45, 7) is 0.0187. The first kappa shape index (κ1) is 13.2. The SMILES string of the molecule is Nc1nc2cc(Br)ccc2n1CCOCC(F)F. The fraction of sp³-hybridized carbons (Fsp3) is 0.364. The minimum atomic E-state index is -2.45. The number of rotatable bonds is 5. The van der Waals surface area contributed by atoms with Crippen LogP contribution in [0.25, 0.3) is 11.0 Å². The van der Waals surface area contributed by atoms with Crippen LogP contribution in [-0.4, -0.2) is 29.2 Å². The molecule has 0 fully saturated rings. The average molecular weight is 320 g/mol. The van der Waals surface area contributed by atoms with Crippen molar-refractivity contribution < 1.29 is 13.5 Å². The average Bonchev–Trinajstić information content (AvgIpc) is 2.59. The van der Waals surface area contributed by atoms with Gasteiger partial charge in [0.05, 0.1) is 17.6 Å². The Labute approximate surface area is 111 Å². The number of nitrogen functional groups attached to an aromatic ring is 1. The lowest BCUT2D eigenvalue weighted by atomic mass is 10.3. The molecule has 0 radical (unpaired) electrons. The van der Waals surface area contributed by atoms with E-state index < -0.39 is 13.0 Å². The monoisotopic (exact) mass is 319 g/mol. The Morgan fingerprint density at radius 2 is 2.22 bits per heavy atom. The molecule has 0 unspecified atom stereocenters. The molecule has 0 saturated heterocycles. The van der Waals surface area contributed by atoms with Crippen LogP contribution in [0.5, 0.6) is 0 Å². The van der Waals surface area contributed by atoms with Crippen molar-refractivity contribution in [3.8, 4) is 0 Å². The van der Waals surface area contributed by atoms with Gasteiger partial charge in [-0.05, 0) is 18.2 Å². The number of ether oxygens (including phenoxy) is 1. The summed E-state index contributed by atoms with van der Waals surface area (Å²) in [4.78, 5) is 4.19. The van der Waals surface area contributed by atoms with Gasteiger partial charge in [0.2, 0.25) is 5.95 Å². The smallest absolute Gasteiger partial charge is 0.261 e. The molecule has 1 aromatic carbocycles. The Morgan fingerprint density at radius 1 is 1.44 bits per heavy atom. The van der Waals surface area contributed by atoms with E-state index in [1.165, 1.54) is 0 Å². The zero-order valence-electron chi connectivity index (χ0n) is 9.44. The number of aromatic nitrogens is 2. The maximum atomic E-state index is 11.9. The number of fused-ring (bicyclic) bond motifs is 1. The molecule has 0 atom stereocenters. The van der Waals surface area contributed by atoms with Gasteiger partial charge in [0.15, 0.2) is 0 Å². The van der Waals surface area contributed by atoms with Crippen molar-refractivity contribution in [3.05, 3.63) is 22.7 Å². The van der Waals surface area contributed by atoms with E-state index in [-0.39, 0.29) is 6.61 Å². The van der Waals surface area contributed by atoms with Crippen LogP contribution in [0.1, 0.15) is 0 Å². The highest BCUT2D eigenvalue weighted by atomic mass is 79.9. The molecule has 2 N–H and O–H groups in total. The quantitative estimate of drug-likeness (QED) is 0.862. The van der Waals surface area contributed by atoms with Gasteiger partial charge >= 0.3 is 0 Å². The zero-order valence-corrected chi connectivity index (χ0v) is 11.0. The van der Waals surface area contributed by atoms with Crippen molar-refractivity contribution in [2.45, 2.75) is 13.0 Å². The van der Waals surface area contributed by atoms with Crippen LogP contribution in [0.2, 0.25) is 0 Å². The first-order valence-corrected chi connectivity index (χ1v) is 6.14. The molecular weight excluding hydrogens is 308 g/mol. The summed E-state index contributed by atoms with van der Waals surface area (Å²) in [7, 11) is 0. The number of benzene rings is 1. The molecule has 0 spiro atoms. The number of imidazole rings is 1. The van der Waals surface area contributed by atoms with Gasteiger partial charge in [0, 0.05) is 11.0 Å². The Balaban J connectivity index is 2.10. The highest BCUT2D eigenvalue weighted by Crippen LogP contribution is 2.21. The summed E-state index contributed by atoms with van der Waals surface area (Å²) in [6.07, 6.45) is -2.45. The van der Waals surface area contributed by atoms with E-state index in [0.29, 0.717) is 12.5 Å². The Morgan fingerprint density at radius 3 is 2.94 bits per heavy atom. The van der Waals surface area contributed by atoms with Crippen LogP contribution in [0.4, 0.5) is 14.7 Å². The molecular formula is C11H12BrF2N3O. The summed E-state index contributed by atoms with van der Waals surface area (Å²) >= 11 is 3.35. The van der Waals surface area contributed by atoms with Gasteiger partial charge in [-0.1, -0.05) is 15.9 Å². The second-order valence-electron chi connectivity index (χ2n) is 3.72. The number of alkyl halides is 2. The molecule has 4 nitrogen and oxygen atoms in total. The summed E-state index contributed by atoms with van der Waals surface area (Å²) in [5.74, 6) is 0.351. The third-order valence-corrected chi connectivity index (χ3v) is 2.94. The van der Waals surface area contributed by atoms with E-state index in [0.717, 1.165) is 15.5 Å². The van der Waals surface area contributed by atoms with Gasteiger partial charge in [-0.2, -0.15) is 0 Å². The van der Waals surface area contributed by atoms with Gasteiger partial charge in [0.25, 0.3) is 6.43 Å². The number of halogens is 3. The van der Waals surface area contributed by atoms with E-state index in [2.05, 4.69) is 20.9 Å². The van der Waals surface area contributed by atoms with E-state index in [1.807, 2.05) is 18.2 Å². The molecule has 0 bridgehead atoms. The molecule has 0 aliphatic rings. The lowest BCUT2D eigenvalue weighted by Gasteiger charge is -2.07. The standard InChI is InChI=1S/C11H12BrF2N3O/c12-7-1-2-9-8(5-7)16-11(15)17(9)3-4-18-6-10(13)14/h1-2,5,10H,3-4,6H2,(H2,15,16). The predicted octanol–water partition coefficient (Wildman–Crippen LogP) is 2.66. The van der Waals surface area contributed by atoms with Crippen LogP contribution < -0.4 is 5.73 Å². The van der Waals surface area contributed by atoms with Crippen LogP contribution in [0.15, 0.2) is 22.7 Å². The number of nitrogens with two attached hydrogens (primary N) is 1. The molecule has 0 saturated carbocycles. The molecule has 1 heterocycles. The molecule has 0 aliphatic heterocycles.